The van der Waals surface area contributed by atoms with Crippen LogP contribution in [0.3, 0.4) is 0 Å². The van der Waals surface area contributed by atoms with Gasteiger partial charge in [0.15, 0.2) is 17.4 Å². The number of ether oxygens (including phenoxy) is 3. The number of methoxy groups -OCH3 is 1. The lowest BCUT2D eigenvalue weighted by Gasteiger charge is -2.43. The van der Waals surface area contributed by atoms with Crippen molar-refractivity contribution in [3.05, 3.63) is 71.3 Å². The Labute approximate surface area is 167 Å². The highest BCUT2D eigenvalue weighted by Gasteiger charge is 2.39. The number of morpholine rings is 1. The maximum absolute atomic E-state index is 14.1. The second-order valence-electron chi connectivity index (χ2n) is 7.08. The summed E-state index contributed by atoms with van der Waals surface area (Å²) in [6.07, 6.45) is 1.82. The number of amides is 1. The third-order valence-electron chi connectivity index (χ3n) is 5.19. The van der Waals surface area contributed by atoms with Crippen molar-refractivity contribution in [1.29, 1.82) is 0 Å². The van der Waals surface area contributed by atoms with Crippen LogP contribution in [0.2, 0.25) is 0 Å². The first-order chi connectivity index (χ1) is 14.1. The van der Waals surface area contributed by atoms with Crippen molar-refractivity contribution in [2.24, 2.45) is 0 Å². The van der Waals surface area contributed by atoms with Crippen molar-refractivity contribution in [3.8, 4) is 5.75 Å². The molecule has 2 aliphatic heterocycles. The molecule has 5 nitrogen and oxygen atoms in total. The fraction of sp³-hybridized carbons (Fsp3) is 0.318. The van der Waals surface area contributed by atoms with E-state index in [-0.39, 0.29) is 18.7 Å². The predicted molar refractivity (Wildman–Crippen MR) is 102 cm³/mol. The first-order valence-electron chi connectivity index (χ1n) is 9.37. The molecule has 0 aliphatic carbocycles. The molecular formula is C22H21F2NO4. The highest BCUT2D eigenvalue weighted by Crippen LogP contribution is 2.35. The van der Waals surface area contributed by atoms with E-state index in [0.29, 0.717) is 25.2 Å². The Bertz CT molecular complexity index is 909. The van der Waals surface area contributed by atoms with Gasteiger partial charge in [0.2, 0.25) is 0 Å². The van der Waals surface area contributed by atoms with Crippen molar-refractivity contribution in [1.82, 2.24) is 4.90 Å². The minimum absolute atomic E-state index is 0.182. The molecule has 0 saturated carbocycles. The van der Waals surface area contributed by atoms with Crippen molar-refractivity contribution in [3.63, 3.8) is 0 Å². The number of hydrogen-bond acceptors (Lipinski definition) is 4. The molecule has 2 aliphatic rings. The van der Waals surface area contributed by atoms with Crippen LogP contribution in [-0.2, 0) is 16.1 Å². The molecule has 1 fully saturated rings. The summed E-state index contributed by atoms with van der Waals surface area (Å²) in [6, 6.07) is 11.3. The molecule has 1 saturated heterocycles. The highest BCUT2D eigenvalue weighted by atomic mass is 19.1. The summed E-state index contributed by atoms with van der Waals surface area (Å²) >= 11 is 0. The SMILES string of the molecule is COc1c(F)cc(C2=CC3COCC(C2)N3C(=O)OCc2ccccc2)cc1F. The zero-order chi connectivity index (χ0) is 20.4. The minimum atomic E-state index is -0.755. The van der Waals surface area contributed by atoms with Gasteiger partial charge < -0.3 is 14.2 Å². The normalized spacial score (nSPS) is 20.8. The van der Waals surface area contributed by atoms with E-state index in [9.17, 15) is 13.6 Å². The maximum atomic E-state index is 14.1. The van der Waals surface area contributed by atoms with Gasteiger partial charge in [0.05, 0.1) is 32.4 Å². The smallest absolute Gasteiger partial charge is 0.411 e. The Morgan fingerprint density at radius 2 is 1.90 bits per heavy atom. The molecule has 0 radical (unpaired) electrons. The van der Waals surface area contributed by atoms with E-state index in [4.69, 9.17) is 14.2 Å². The number of nitrogens with zero attached hydrogens (tertiary/aromatic N) is 1. The number of rotatable bonds is 4. The Balaban J connectivity index is 1.53. The Morgan fingerprint density at radius 1 is 1.17 bits per heavy atom. The van der Waals surface area contributed by atoms with E-state index in [2.05, 4.69) is 0 Å². The van der Waals surface area contributed by atoms with E-state index >= 15 is 0 Å². The minimum Gasteiger partial charge on any atom is -0.491 e. The Kier molecular flexibility index (Phi) is 5.49. The zero-order valence-electron chi connectivity index (χ0n) is 15.9. The van der Waals surface area contributed by atoms with E-state index in [1.54, 1.807) is 4.90 Å². The van der Waals surface area contributed by atoms with Crippen LogP contribution in [0, 0.1) is 11.6 Å². The van der Waals surface area contributed by atoms with Crippen LogP contribution in [0.15, 0.2) is 48.5 Å². The summed E-state index contributed by atoms with van der Waals surface area (Å²) in [4.78, 5) is 14.4. The molecule has 7 heteroatoms. The average molecular weight is 401 g/mol. The molecule has 0 N–H and O–H groups in total. The molecule has 4 rings (SSSR count). The quantitative estimate of drug-likeness (QED) is 0.772. The molecule has 2 atom stereocenters. The molecule has 2 unspecified atom stereocenters. The number of carbonyl (C=O) groups excluding carboxylic acids is 1. The fourth-order valence-corrected chi connectivity index (χ4v) is 3.83. The van der Waals surface area contributed by atoms with Gasteiger partial charge in [-0.1, -0.05) is 36.4 Å². The first kappa shape index (κ1) is 19.4. The van der Waals surface area contributed by atoms with Crippen LogP contribution in [-0.4, -0.2) is 43.4 Å². The Hall–Kier alpha value is -2.93. The highest BCUT2D eigenvalue weighted by molar-refractivity contribution is 5.75. The standard InChI is InChI=1S/C22H21F2NO4/c1-27-21-19(23)9-16(10-20(21)24)15-7-17-12-28-13-18(8-15)25(17)22(26)29-11-14-5-3-2-4-6-14/h2-7,9-10,17-18H,8,11-13H2,1H3. The summed E-state index contributed by atoms with van der Waals surface area (Å²) in [7, 11) is 1.22. The zero-order valence-corrected chi connectivity index (χ0v) is 15.9. The monoisotopic (exact) mass is 401 g/mol. The van der Waals surface area contributed by atoms with Crippen LogP contribution < -0.4 is 4.74 Å². The predicted octanol–water partition coefficient (Wildman–Crippen LogP) is 4.17. The fourth-order valence-electron chi connectivity index (χ4n) is 3.83. The van der Waals surface area contributed by atoms with Crippen LogP contribution in [0.25, 0.3) is 5.57 Å². The third kappa shape index (κ3) is 3.96. The van der Waals surface area contributed by atoms with Crippen LogP contribution in [0.1, 0.15) is 17.5 Å². The maximum Gasteiger partial charge on any atom is 0.411 e. The average Bonchev–Trinajstić information content (AvgIpc) is 2.71. The van der Waals surface area contributed by atoms with E-state index in [1.165, 1.54) is 19.2 Å². The molecule has 29 heavy (non-hydrogen) atoms. The van der Waals surface area contributed by atoms with E-state index in [1.807, 2.05) is 36.4 Å². The number of fused-ring (bicyclic) bond motifs is 2. The van der Waals surface area contributed by atoms with Gasteiger partial charge in [0, 0.05) is 0 Å². The molecule has 152 valence electrons. The van der Waals surface area contributed by atoms with Gasteiger partial charge in [-0.15, -0.1) is 0 Å². The van der Waals surface area contributed by atoms with Gasteiger partial charge in [0.25, 0.3) is 0 Å². The molecule has 0 aromatic heterocycles. The topological polar surface area (TPSA) is 48.0 Å². The largest absolute Gasteiger partial charge is 0.491 e. The van der Waals surface area contributed by atoms with Crippen molar-refractivity contribution in [2.75, 3.05) is 20.3 Å². The number of hydrogen-bond donors (Lipinski definition) is 0. The van der Waals surface area contributed by atoms with Crippen molar-refractivity contribution < 1.29 is 27.8 Å². The molecule has 2 bridgehead atoms. The van der Waals surface area contributed by atoms with Crippen LogP contribution in [0.5, 0.6) is 5.75 Å². The van der Waals surface area contributed by atoms with Crippen molar-refractivity contribution in [2.45, 2.75) is 25.1 Å². The molecule has 2 heterocycles. The number of carbonyl (C=O) groups is 1. The van der Waals surface area contributed by atoms with Gasteiger partial charge >= 0.3 is 6.09 Å². The van der Waals surface area contributed by atoms with E-state index < -0.39 is 23.5 Å². The van der Waals surface area contributed by atoms with E-state index in [0.717, 1.165) is 11.1 Å². The van der Waals surface area contributed by atoms with Crippen LogP contribution >= 0.6 is 0 Å². The molecule has 2 aromatic rings. The van der Waals surface area contributed by atoms with Gasteiger partial charge in [-0.2, -0.15) is 0 Å². The van der Waals surface area contributed by atoms with Crippen LogP contribution in [0.4, 0.5) is 13.6 Å². The summed E-state index contributed by atoms with van der Waals surface area (Å²) < 4.78 is 44.1. The lowest BCUT2D eigenvalue weighted by Crippen LogP contribution is -2.56. The Morgan fingerprint density at radius 3 is 2.55 bits per heavy atom. The second-order valence-corrected chi connectivity index (χ2v) is 7.08. The molecular weight excluding hydrogens is 380 g/mol. The summed E-state index contributed by atoms with van der Waals surface area (Å²) in [5, 5.41) is 0. The number of halogens is 2. The molecule has 1 amide bonds. The summed E-state index contributed by atoms with van der Waals surface area (Å²) in [5.41, 5.74) is 2.12. The third-order valence-corrected chi connectivity index (χ3v) is 5.19. The van der Waals surface area contributed by atoms with Gasteiger partial charge in [-0.25, -0.2) is 13.6 Å². The molecule has 2 aromatic carbocycles. The number of benzene rings is 2. The lowest BCUT2D eigenvalue weighted by atomic mass is 9.90. The summed E-state index contributed by atoms with van der Waals surface area (Å²) in [5.74, 6) is -1.91. The second kappa shape index (κ2) is 8.21. The molecule has 0 spiro atoms. The van der Waals surface area contributed by atoms with Gasteiger partial charge in [-0.05, 0) is 35.3 Å². The van der Waals surface area contributed by atoms with Gasteiger partial charge in [0.1, 0.15) is 6.61 Å². The summed E-state index contributed by atoms with van der Waals surface area (Å²) in [6.45, 7) is 0.832. The first-order valence-corrected chi connectivity index (χ1v) is 9.37. The lowest BCUT2D eigenvalue weighted by molar-refractivity contribution is -0.0342. The van der Waals surface area contributed by atoms with Gasteiger partial charge in [-0.3, -0.25) is 4.90 Å². The van der Waals surface area contributed by atoms with Crippen molar-refractivity contribution >= 4 is 11.7 Å².